The van der Waals surface area contributed by atoms with Gasteiger partial charge in [0.05, 0.1) is 0 Å². The molecule has 0 amide bonds. The molecule has 1 aromatic carbocycles. The molecule has 0 heterocycles. The van der Waals surface area contributed by atoms with Gasteiger partial charge in [0.15, 0.2) is 0 Å². The maximum absolute atomic E-state index is 11.3. The van der Waals surface area contributed by atoms with E-state index < -0.39 is 10.8 Å². The summed E-state index contributed by atoms with van der Waals surface area (Å²) >= 11 is 0. The molecule has 0 aliphatic heterocycles. The summed E-state index contributed by atoms with van der Waals surface area (Å²) in [5, 5.41) is 3.89. The summed E-state index contributed by atoms with van der Waals surface area (Å²) < 4.78 is 11.3. The molecule has 2 atom stereocenters. The lowest BCUT2D eigenvalue weighted by atomic mass is 9.76. The Morgan fingerprint density at radius 1 is 1.32 bits per heavy atom. The van der Waals surface area contributed by atoms with E-state index >= 15 is 0 Å². The molecule has 0 saturated heterocycles. The van der Waals surface area contributed by atoms with Gasteiger partial charge in [0.2, 0.25) is 0 Å². The van der Waals surface area contributed by atoms with Crippen molar-refractivity contribution in [2.45, 2.75) is 50.3 Å². The van der Waals surface area contributed by atoms with E-state index in [1.807, 2.05) is 0 Å². The van der Waals surface area contributed by atoms with E-state index in [0.717, 1.165) is 18.9 Å². The van der Waals surface area contributed by atoms with Gasteiger partial charge in [-0.3, -0.25) is 4.21 Å². The second-order valence-electron chi connectivity index (χ2n) is 5.83. The Bertz CT molecular complexity index is 423. The lowest BCUT2D eigenvalue weighted by molar-refractivity contribution is 0.290. The van der Waals surface area contributed by atoms with Crippen molar-refractivity contribution in [3.05, 3.63) is 35.4 Å². The zero-order valence-corrected chi connectivity index (χ0v) is 13.0. The van der Waals surface area contributed by atoms with Gasteiger partial charge in [-0.25, -0.2) is 0 Å². The van der Waals surface area contributed by atoms with Crippen LogP contribution < -0.4 is 5.32 Å². The van der Waals surface area contributed by atoms with Crippen LogP contribution in [0, 0.1) is 6.92 Å². The molecule has 2 unspecified atom stereocenters. The molecule has 2 rings (SSSR count). The zero-order chi connectivity index (χ0) is 13.8. The molecule has 1 fully saturated rings. The number of rotatable bonds is 6. The molecule has 1 N–H and O–H groups in total. The second kappa shape index (κ2) is 6.67. The molecule has 1 saturated carbocycles. The van der Waals surface area contributed by atoms with E-state index in [1.165, 1.54) is 24.0 Å². The van der Waals surface area contributed by atoms with Crippen molar-refractivity contribution >= 4 is 10.8 Å². The maximum Gasteiger partial charge on any atom is 0.0329 e. The SMILES string of the molecule is Cc1ccc(C2CC(NCCC(C)S(C)=O)C2)cc1. The third-order valence-electron chi connectivity index (χ3n) is 4.24. The highest BCUT2D eigenvalue weighted by atomic mass is 32.2. The quantitative estimate of drug-likeness (QED) is 0.867. The Morgan fingerprint density at radius 3 is 2.53 bits per heavy atom. The van der Waals surface area contributed by atoms with Gasteiger partial charge in [0.25, 0.3) is 0 Å². The Kier molecular flexibility index (Phi) is 5.17. The first-order valence-electron chi connectivity index (χ1n) is 7.18. The molecule has 1 aromatic rings. The molecule has 1 aliphatic rings. The zero-order valence-electron chi connectivity index (χ0n) is 12.2. The van der Waals surface area contributed by atoms with Crippen LogP contribution in [0.5, 0.6) is 0 Å². The average Bonchev–Trinajstić information content (AvgIpc) is 2.33. The summed E-state index contributed by atoms with van der Waals surface area (Å²) in [7, 11) is -0.688. The van der Waals surface area contributed by atoms with Gasteiger partial charge >= 0.3 is 0 Å². The van der Waals surface area contributed by atoms with Crippen molar-refractivity contribution in [1.82, 2.24) is 5.32 Å². The van der Waals surface area contributed by atoms with Gasteiger partial charge in [0.1, 0.15) is 0 Å². The Morgan fingerprint density at radius 2 is 1.95 bits per heavy atom. The summed E-state index contributed by atoms with van der Waals surface area (Å²) in [5.74, 6) is 0.732. The number of aryl methyl sites for hydroxylation is 1. The lowest BCUT2D eigenvalue weighted by Gasteiger charge is -2.36. The molecule has 3 heteroatoms. The highest BCUT2D eigenvalue weighted by Gasteiger charge is 2.29. The summed E-state index contributed by atoms with van der Waals surface area (Å²) in [6.45, 7) is 5.19. The van der Waals surface area contributed by atoms with E-state index in [1.54, 1.807) is 6.26 Å². The van der Waals surface area contributed by atoms with Gasteiger partial charge in [-0.1, -0.05) is 36.8 Å². The van der Waals surface area contributed by atoms with Crippen molar-refractivity contribution in [1.29, 1.82) is 0 Å². The van der Waals surface area contributed by atoms with Crippen LogP contribution in [0.2, 0.25) is 0 Å². The van der Waals surface area contributed by atoms with Crippen LogP contribution in [0.1, 0.15) is 43.2 Å². The monoisotopic (exact) mass is 279 g/mol. The van der Waals surface area contributed by atoms with Crippen LogP contribution in [-0.2, 0) is 10.8 Å². The fourth-order valence-corrected chi connectivity index (χ4v) is 3.00. The van der Waals surface area contributed by atoms with E-state index in [0.29, 0.717) is 11.3 Å². The standard InChI is InChI=1S/C16H25NOS/c1-12-4-6-14(7-5-12)15-10-16(11-15)17-9-8-13(2)19(3)18/h4-7,13,15-17H,8-11H2,1-3H3. The lowest BCUT2D eigenvalue weighted by Crippen LogP contribution is -2.41. The minimum absolute atomic E-state index is 0.306. The van der Waals surface area contributed by atoms with Gasteiger partial charge in [-0.15, -0.1) is 0 Å². The average molecular weight is 279 g/mol. The van der Waals surface area contributed by atoms with Gasteiger partial charge in [-0.05, 0) is 44.2 Å². The summed E-state index contributed by atoms with van der Waals surface area (Å²) in [6.07, 6.45) is 5.29. The third-order valence-corrected chi connectivity index (χ3v) is 5.61. The van der Waals surface area contributed by atoms with Crippen molar-refractivity contribution < 1.29 is 4.21 Å². The number of hydrogen-bond acceptors (Lipinski definition) is 2. The van der Waals surface area contributed by atoms with Crippen molar-refractivity contribution in [2.75, 3.05) is 12.8 Å². The molecule has 2 nitrogen and oxygen atoms in total. The van der Waals surface area contributed by atoms with E-state index in [2.05, 4.69) is 43.4 Å². The van der Waals surface area contributed by atoms with E-state index in [9.17, 15) is 4.21 Å². The first-order valence-corrected chi connectivity index (χ1v) is 8.80. The first-order chi connectivity index (χ1) is 9.06. The fraction of sp³-hybridized carbons (Fsp3) is 0.625. The number of benzene rings is 1. The third kappa shape index (κ3) is 4.15. The maximum atomic E-state index is 11.3. The van der Waals surface area contributed by atoms with E-state index in [-0.39, 0.29) is 0 Å². The summed E-state index contributed by atoms with van der Waals surface area (Å²) in [6, 6.07) is 9.59. The van der Waals surface area contributed by atoms with Crippen LogP contribution in [0.4, 0.5) is 0 Å². The fourth-order valence-electron chi connectivity index (χ4n) is 2.55. The Balaban J connectivity index is 1.66. The molecule has 0 aromatic heterocycles. The van der Waals surface area contributed by atoms with Gasteiger partial charge in [-0.2, -0.15) is 0 Å². The normalized spacial score (nSPS) is 25.6. The van der Waals surface area contributed by atoms with Crippen LogP contribution in [0.3, 0.4) is 0 Å². The van der Waals surface area contributed by atoms with Crippen LogP contribution >= 0.6 is 0 Å². The predicted molar refractivity (Wildman–Crippen MR) is 83.1 cm³/mol. The van der Waals surface area contributed by atoms with Crippen molar-refractivity contribution in [2.24, 2.45) is 0 Å². The molecule has 0 radical (unpaired) electrons. The van der Waals surface area contributed by atoms with Gasteiger partial charge in [0, 0.05) is 28.3 Å². The molecule has 0 spiro atoms. The summed E-state index contributed by atoms with van der Waals surface area (Å²) in [5.41, 5.74) is 2.81. The second-order valence-corrected chi connectivity index (χ2v) is 7.63. The van der Waals surface area contributed by atoms with Crippen LogP contribution in [0.25, 0.3) is 0 Å². The van der Waals surface area contributed by atoms with E-state index in [4.69, 9.17) is 0 Å². The molecule has 0 bridgehead atoms. The summed E-state index contributed by atoms with van der Waals surface area (Å²) in [4.78, 5) is 0. The highest BCUT2D eigenvalue weighted by molar-refractivity contribution is 7.84. The van der Waals surface area contributed by atoms with Crippen molar-refractivity contribution in [3.8, 4) is 0 Å². The van der Waals surface area contributed by atoms with Crippen molar-refractivity contribution in [3.63, 3.8) is 0 Å². The van der Waals surface area contributed by atoms with Crippen LogP contribution in [-0.4, -0.2) is 28.3 Å². The molecule has 106 valence electrons. The minimum Gasteiger partial charge on any atom is -0.314 e. The largest absolute Gasteiger partial charge is 0.314 e. The Hall–Kier alpha value is -0.670. The molecule has 1 aliphatic carbocycles. The van der Waals surface area contributed by atoms with Gasteiger partial charge < -0.3 is 5.32 Å². The molecular weight excluding hydrogens is 254 g/mol. The predicted octanol–water partition coefficient (Wildman–Crippen LogP) is 2.99. The minimum atomic E-state index is -0.688. The smallest absolute Gasteiger partial charge is 0.0329 e. The first kappa shape index (κ1) is 14.7. The number of nitrogens with one attached hydrogen (secondary N) is 1. The number of hydrogen-bond donors (Lipinski definition) is 1. The highest BCUT2D eigenvalue weighted by Crippen LogP contribution is 2.36. The topological polar surface area (TPSA) is 29.1 Å². The van der Waals surface area contributed by atoms with Crippen LogP contribution in [0.15, 0.2) is 24.3 Å². The Labute approximate surface area is 119 Å². The molecule has 19 heavy (non-hydrogen) atoms. The molecular formula is C16H25NOS.